The van der Waals surface area contributed by atoms with Crippen LogP contribution in [0.4, 0.5) is 0 Å². The summed E-state index contributed by atoms with van der Waals surface area (Å²) in [5.74, 6) is -0.147. The molecule has 1 saturated heterocycles. The van der Waals surface area contributed by atoms with Gasteiger partial charge in [0.15, 0.2) is 0 Å². The van der Waals surface area contributed by atoms with Crippen LogP contribution >= 0.6 is 0 Å². The largest absolute Gasteiger partial charge is 0.379 e. The zero-order valence-electron chi connectivity index (χ0n) is 13.1. The number of carbonyl (C=O) groups is 1. The highest BCUT2D eigenvalue weighted by Gasteiger charge is 2.28. The van der Waals surface area contributed by atoms with Crippen molar-refractivity contribution in [3.63, 3.8) is 0 Å². The van der Waals surface area contributed by atoms with Crippen molar-refractivity contribution < 1.29 is 14.3 Å². The maximum atomic E-state index is 12.7. The van der Waals surface area contributed by atoms with Gasteiger partial charge in [0.2, 0.25) is 0 Å². The fourth-order valence-corrected chi connectivity index (χ4v) is 2.91. The Balaban J connectivity index is 1.87. The summed E-state index contributed by atoms with van der Waals surface area (Å²) in [6.45, 7) is 4.99. The predicted molar refractivity (Wildman–Crippen MR) is 82.2 cm³/mol. The fraction of sp³-hybridized carbons (Fsp3) is 0.500. The lowest BCUT2D eigenvalue weighted by atomic mass is 10.1. The van der Waals surface area contributed by atoms with Gasteiger partial charge >= 0.3 is 0 Å². The summed E-state index contributed by atoms with van der Waals surface area (Å²) in [5, 5.41) is 3.02. The standard InChI is InChI=1S/C16H21N3O3/c1-10-4-6-19-14(8-10)17-11(2)15(19)16(20)18-12-9-22-7-5-13(12)21-3/h4,6,8,12-13H,5,7,9H2,1-3H3,(H,18,20)/t12-,13-/m1/s1. The molecular formula is C16H21N3O3. The highest BCUT2D eigenvalue weighted by Crippen LogP contribution is 2.16. The van der Waals surface area contributed by atoms with Crippen LogP contribution < -0.4 is 5.32 Å². The molecule has 3 heterocycles. The fourth-order valence-electron chi connectivity index (χ4n) is 2.91. The second-order valence-corrected chi connectivity index (χ2v) is 5.70. The van der Waals surface area contributed by atoms with Crippen molar-refractivity contribution in [3.8, 4) is 0 Å². The van der Waals surface area contributed by atoms with Gasteiger partial charge in [-0.05, 0) is 38.0 Å². The quantitative estimate of drug-likeness (QED) is 0.933. The molecule has 1 aliphatic rings. The lowest BCUT2D eigenvalue weighted by molar-refractivity contribution is -0.0349. The molecule has 1 amide bonds. The van der Waals surface area contributed by atoms with Crippen molar-refractivity contribution in [1.29, 1.82) is 0 Å². The molecule has 0 radical (unpaired) electrons. The number of methoxy groups -OCH3 is 1. The van der Waals surface area contributed by atoms with Crippen molar-refractivity contribution in [3.05, 3.63) is 35.3 Å². The first-order valence-electron chi connectivity index (χ1n) is 7.47. The number of nitrogens with zero attached hydrogens (tertiary/aromatic N) is 2. The molecule has 118 valence electrons. The van der Waals surface area contributed by atoms with Crippen LogP contribution in [0.2, 0.25) is 0 Å². The molecule has 1 fully saturated rings. The van der Waals surface area contributed by atoms with E-state index in [1.54, 1.807) is 7.11 Å². The van der Waals surface area contributed by atoms with Crippen molar-refractivity contribution in [2.45, 2.75) is 32.4 Å². The third-order valence-corrected chi connectivity index (χ3v) is 4.08. The van der Waals surface area contributed by atoms with Gasteiger partial charge in [0.25, 0.3) is 5.91 Å². The summed E-state index contributed by atoms with van der Waals surface area (Å²) in [6, 6.07) is 3.79. The predicted octanol–water partition coefficient (Wildman–Crippen LogP) is 1.48. The third kappa shape index (κ3) is 2.71. The smallest absolute Gasteiger partial charge is 0.270 e. The minimum absolute atomic E-state index is 0.0144. The number of rotatable bonds is 3. The number of nitrogens with one attached hydrogen (secondary N) is 1. The first kappa shape index (κ1) is 15.0. The summed E-state index contributed by atoms with van der Waals surface area (Å²) in [6.07, 6.45) is 2.65. The average molecular weight is 303 g/mol. The van der Waals surface area contributed by atoms with Crippen LogP contribution in [0.1, 0.15) is 28.2 Å². The lowest BCUT2D eigenvalue weighted by Crippen LogP contribution is -2.50. The van der Waals surface area contributed by atoms with Gasteiger partial charge < -0.3 is 14.8 Å². The summed E-state index contributed by atoms with van der Waals surface area (Å²) in [4.78, 5) is 17.1. The summed E-state index contributed by atoms with van der Waals surface area (Å²) in [5.41, 5.74) is 3.18. The first-order valence-corrected chi connectivity index (χ1v) is 7.47. The molecule has 6 nitrogen and oxygen atoms in total. The molecule has 0 saturated carbocycles. The van der Waals surface area contributed by atoms with Gasteiger partial charge in [-0.3, -0.25) is 9.20 Å². The number of aromatic nitrogens is 2. The number of fused-ring (bicyclic) bond motifs is 1. The molecule has 6 heteroatoms. The highest BCUT2D eigenvalue weighted by molar-refractivity contribution is 5.95. The molecule has 1 aliphatic heterocycles. The number of amides is 1. The zero-order valence-corrected chi connectivity index (χ0v) is 13.1. The molecule has 0 unspecified atom stereocenters. The SMILES string of the molecule is CO[C@@H]1CCOC[C@H]1NC(=O)c1c(C)nc2cc(C)ccn12. The molecule has 0 bridgehead atoms. The van der Waals surface area contributed by atoms with Crippen molar-refractivity contribution >= 4 is 11.6 Å². The van der Waals surface area contributed by atoms with E-state index in [1.165, 1.54) is 0 Å². The topological polar surface area (TPSA) is 64.9 Å². The zero-order chi connectivity index (χ0) is 15.7. The van der Waals surface area contributed by atoms with Crippen molar-refractivity contribution in [2.24, 2.45) is 0 Å². The third-order valence-electron chi connectivity index (χ3n) is 4.08. The van der Waals surface area contributed by atoms with Crippen LogP contribution in [0.25, 0.3) is 5.65 Å². The van der Waals surface area contributed by atoms with Gasteiger partial charge in [0.05, 0.1) is 24.4 Å². The molecule has 2 aromatic heterocycles. The number of aryl methyl sites for hydroxylation is 2. The van der Waals surface area contributed by atoms with E-state index in [9.17, 15) is 4.79 Å². The number of hydrogen-bond donors (Lipinski definition) is 1. The van der Waals surface area contributed by atoms with E-state index in [1.807, 2.05) is 36.6 Å². The van der Waals surface area contributed by atoms with E-state index in [-0.39, 0.29) is 18.1 Å². The van der Waals surface area contributed by atoms with Crippen LogP contribution in [0, 0.1) is 13.8 Å². The van der Waals surface area contributed by atoms with E-state index in [0.717, 1.165) is 17.6 Å². The van der Waals surface area contributed by atoms with Gasteiger partial charge in [-0.2, -0.15) is 0 Å². The van der Waals surface area contributed by atoms with Crippen LogP contribution in [-0.2, 0) is 9.47 Å². The second kappa shape index (κ2) is 6.06. The highest BCUT2D eigenvalue weighted by atomic mass is 16.5. The number of carbonyl (C=O) groups excluding carboxylic acids is 1. The molecule has 22 heavy (non-hydrogen) atoms. The first-order chi connectivity index (χ1) is 10.6. The summed E-state index contributed by atoms with van der Waals surface area (Å²) < 4.78 is 12.7. The monoisotopic (exact) mass is 303 g/mol. The van der Waals surface area contributed by atoms with Crippen molar-refractivity contribution in [1.82, 2.24) is 14.7 Å². The van der Waals surface area contributed by atoms with E-state index in [0.29, 0.717) is 24.6 Å². The Hall–Kier alpha value is -1.92. The molecule has 0 aromatic carbocycles. The maximum Gasteiger partial charge on any atom is 0.270 e. The molecule has 0 spiro atoms. The Morgan fingerprint density at radius 1 is 1.50 bits per heavy atom. The molecule has 0 aliphatic carbocycles. The van der Waals surface area contributed by atoms with Gasteiger partial charge in [-0.1, -0.05) is 0 Å². The van der Waals surface area contributed by atoms with Gasteiger partial charge in [-0.15, -0.1) is 0 Å². The number of ether oxygens (including phenoxy) is 2. The Bertz CT molecular complexity index is 695. The maximum absolute atomic E-state index is 12.7. The van der Waals surface area contributed by atoms with Crippen LogP contribution in [0.15, 0.2) is 18.3 Å². The van der Waals surface area contributed by atoms with E-state index < -0.39 is 0 Å². The second-order valence-electron chi connectivity index (χ2n) is 5.70. The minimum atomic E-state index is -0.147. The Morgan fingerprint density at radius 3 is 3.09 bits per heavy atom. The van der Waals surface area contributed by atoms with Crippen molar-refractivity contribution in [2.75, 3.05) is 20.3 Å². The van der Waals surface area contributed by atoms with E-state index in [2.05, 4.69) is 10.3 Å². The van der Waals surface area contributed by atoms with Gasteiger partial charge in [0, 0.05) is 19.9 Å². The van der Waals surface area contributed by atoms with E-state index >= 15 is 0 Å². The molecule has 2 atom stereocenters. The molecule has 1 N–H and O–H groups in total. The Kier molecular flexibility index (Phi) is 4.13. The number of pyridine rings is 1. The molecule has 2 aromatic rings. The lowest BCUT2D eigenvalue weighted by Gasteiger charge is -2.30. The minimum Gasteiger partial charge on any atom is -0.379 e. The Morgan fingerprint density at radius 2 is 2.32 bits per heavy atom. The summed E-state index contributed by atoms with van der Waals surface area (Å²) >= 11 is 0. The molecule has 3 rings (SSSR count). The molecular weight excluding hydrogens is 282 g/mol. The Labute approximate surface area is 129 Å². The summed E-state index contributed by atoms with van der Waals surface area (Å²) in [7, 11) is 1.66. The average Bonchev–Trinajstić information content (AvgIpc) is 2.82. The van der Waals surface area contributed by atoms with Crippen LogP contribution in [0.5, 0.6) is 0 Å². The van der Waals surface area contributed by atoms with Gasteiger partial charge in [0.1, 0.15) is 11.3 Å². The van der Waals surface area contributed by atoms with Crippen LogP contribution in [0.3, 0.4) is 0 Å². The number of hydrogen-bond acceptors (Lipinski definition) is 4. The van der Waals surface area contributed by atoms with Gasteiger partial charge in [-0.25, -0.2) is 4.98 Å². The normalized spacial score (nSPS) is 22.0. The van der Waals surface area contributed by atoms with E-state index in [4.69, 9.17) is 9.47 Å². The number of imidazole rings is 1. The van der Waals surface area contributed by atoms with Crippen LogP contribution in [-0.4, -0.2) is 47.8 Å².